The van der Waals surface area contributed by atoms with E-state index < -0.39 is 11.9 Å². The van der Waals surface area contributed by atoms with Gasteiger partial charge in [-0.15, -0.1) is 0 Å². The number of nitrogens with one attached hydrogen (secondary N) is 1. The zero-order valence-electron chi connectivity index (χ0n) is 24.6. The average Bonchev–Trinajstić information content (AvgIpc) is 3.32. The van der Waals surface area contributed by atoms with Crippen LogP contribution >= 0.6 is 0 Å². The Labute approximate surface area is 246 Å². The summed E-state index contributed by atoms with van der Waals surface area (Å²) >= 11 is 0. The molecule has 0 atom stereocenters. The summed E-state index contributed by atoms with van der Waals surface area (Å²) in [6, 6.07) is 19.7. The molecule has 0 saturated heterocycles. The van der Waals surface area contributed by atoms with E-state index in [0.29, 0.717) is 30.9 Å². The second-order valence-corrected chi connectivity index (χ2v) is 11.1. The lowest BCUT2D eigenvalue weighted by Crippen LogP contribution is -2.16. The molecular weight excluding hydrogens is 532 g/mol. The zero-order valence-corrected chi connectivity index (χ0v) is 24.6. The maximum absolute atomic E-state index is 12.9. The van der Waals surface area contributed by atoms with Gasteiger partial charge in [0.15, 0.2) is 0 Å². The maximum atomic E-state index is 12.9. The highest BCUT2D eigenvalue weighted by molar-refractivity contribution is 6.08. The molecule has 8 nitrogen and oxygen atoms in total. The van der Waals surface area contributed by atoms with Crippen LogP contribution in [-0.2, 0) is 16.7 Å². The van der Waals surface area contributed by atoms with Gasteiger partial charge in [0.1, 0.15) is 23.7 Å². The number of benzene rings is 3. The fourth-order valence-electron chi connectivity index (χ4n) is 4.46. The molecule has 1 amide bonds. The molecule has 0 radical (unpaired) electrons. The van der Waals surface area contributed by atoms with E-state index in [2.05, 4.69) is 38.2 Å². The van der Waals surface area contributed by atoms with E-state index in [9.17, 15) is 14.7 Å². The van der Waals surface area contributed by atoms with Gasteiger partial charge in [0.05, 0.1) is 24.1 Å². The van der Waals surface area contributed by atoms with Crippen LogP contribution in [0.3, 0.4) is 0 Å². The molecule has 3 aromatic carbocycles. The predicted octanol–water partition coefficient (Wildman–Crippen LogP) is 7.84. The summed E-state index contributed by atoms with van der Waals surface area (Å²) < 4.78 is 11.8. The Kier molecular flexibility index (Phi) is 10.0. The molecule has 0 aliphatic rings. The van der Waals surface area contributed by atoms with E-state index in [4.69, 9.17) is 14.0 Å². The van der Waals surface area contributed by atoms with E-state index in [1.165, 1.54) is 12.1 Å². The highest BCUT2D eigenvalue weighted by atomic mass is 16.6. The first-order valence-electron chi connectivity index (χ1n) is 14.2. The number of carbonyl (C=O) groups excluding carboxylic acids is 1. The number of aryl methyl sites for hydroxylation is 1. The Morgan fingerprint density at radius 1 is 1.00 bits per heavy atom. The van der Waals surface area contributed by atoms with Crippen molar-refractivity contribution in [1.29, 1.82) is 0 Å². The molecule has 1 heterocycles. The number of nitrogens with zero attached hydrogens (tertiary/aromatic N) is 1. The molecule has 4 rings (SSSR count). The molecule has 4 aromatic rings. The molecule has 0 aliphatic heterocycles. The van der Waals surface area contributed by atoms with Crippen molar-refractivity contribution in [3.05, 3.63) is 94.7 Å². The number of aromatic carboxylic acids is 1. The number of unbranched alkanes of at least 4 members (excludes halogenated alkanes) is 1. The lowest BCUT2D eigenvalue weighted by Gasteiger charge is -2.19. The van der Waals surface area contributed by atoms with Crippen molar-refractivity contribution in [3.8, 4) is 5.75 Å². The number of carboxylic acid groups (broad SMARTS) is 1. The largest absolute Gasteiger partial charge is 0.493 e. The van der Waals surface area contributed by atoms with E-state index in [1.54, 1.807) is 24.4 Å². The number of hydrogen-bond acceptors (Lipinski definition) is 6. The van der Waals surface area contributed by atoms with Gasteiger partial charge in [-0.2, -0.15) is 0 Å². The molecule has 0 bridgehead atoms. The van der Waals surface area contributed by atoms with Crippen molar-refractivity contribution in [3.63, 3.8) is 0 Å². The smallest absolute Gasteiger partial charge is 0.337 e. The topological polar surface area (TPSA) is 110 Å². The van der Waals surface area contributed by atoms with Gasteiger partial charge in [0.25, 0.3) is 5.91 Å². The van der Waals surface area contributed by atoms with Gasteiger partial charge in [0.2, 0.25) is 0 Å². The normalized spacial score (nSPS) is 11.6. The van der Waals surface area contributed by atoms with Gasteiger partial charge < -0.3 is 24.4 Å². The summed E-state index contributed by atoms with van der Waals surface area (Å²) in [5, 5.41) is 17.5. The van der Waals surface area contributed by atoms with Crippen LogP contribution < -0.4 is 10.1 Å². The standard InChI is InChI=1S/C34H38N2O6/c1-5-6-11-31-28(26-10-7-8-12-30(26)42-31)22-35-41-20-9-19-40-25-17-18-27(33(38)39)29(21-25)36-32(37)23-13-15-24(16-14-23)34(2,3)4/h7-8,10,12-18,21-22H,5-6,9,11,19-20H2,1-4H3,(H,36,37)(H,38,39)/b35-22+. The molecular formula is C34H38N2O6. The summed E-state index contributed by atoms with van der Waals surface area (Å²) in [5.41, 5.74) is 3.41. The van der Waals surface area contributed by atoms with E-state index in [0.717, 1.165) is 47.1 Å². The minimum atomic E-state index is -1.14. The number of carboxylic acids is 1. The Hall–Kier alpha value is -4.59. The van der Waals surface area contributed by atoms with Gasteiger partial charge in [0, 0.05) is 35.4 Å². The van der Waals surface area contributed by atoms with Crippen molar-refractivity contribution in [2.75, 3.05) is 18.5 Å². The monoisotopic (exact) mass is 570 g/mol. The fraction of sp³-hybridized carbons (Fsp3) is 0.324. The highest BCUT2D eigenvalue weighted by Crippen LogP contribution is 2.27. The number of fused-ring (bicyclic) bond motifs is 1. The predicted molar refractivity (Wildman–Crippen MR) is 165 cm³/mol. The van der Waals surface area contributed by atoms with Gasteiger partial charge in [-0.1, -0.05) is 69.6 Å². The Bertz CT molecular complexity index is 1550. The third-order valence-corrected chi connectivity index (χ3v) is 6.86. The van der Waals surface area contributed by atoms with Gasteiger partial charge >= 0.3 is 5.97 Å². The van der Waals surface area contributed by atoms with E-state index in [-0.39, 0.29) is 16.7 Å². The number of furan rings is 1. The first kappa shape index (κ1) is 30.4. The van der Waals surface area contributed by atoms with Crippen molar-refractivity contribution >= 4 is 34.7 Å². The Morgan fingerprint density at radius 3 is 2.48 bits per heavy atom. The number of oxime groups is 1. The fourth-order valence-corrected chi connectivity index (χ4v) is 4.46. The number of hydrogen-bond donors (Lipinski definition) is 2. The molecule has 0 saturated carbocycles. The second-order valence-electron chi connectivity index (χ2n) is 11.1. The van der Waals surface area contributed by atoms with Crippen LogP contribution in [0.1, 0.15) is 84.6 Å². The number of amides is 1. The minimum Gasteiger partial charge on any atom is -0.493 e. The minimum absolute atomic E-state index is 0.0234. The summed E-state index contributed by atoms with van der Waals surface area (Å²) in [7, 11) is 0. The Balaban J connectivity index is 1.32. The molecule has 0 aliphatic carbocycles. The van der Waals surface area contributed by atoms with Crippen LogP contribution in [0.15, 0.2) is 76.3 Å². The number of carbonyl (C=O) groups is 2. The number of para-hydroxylation sites is 1. The average molecular weight is 571 g/mol. The Morgan fingerprint density at radius 2 is 1.76 bits per heavy atom. The molecule has 2 N–H and O–H groups in total. The van der Waals surface area contributed by atoms with Crippen LogP contribution in [0.5, 0.6) is 5.75 Å². The highest BCUT2D eigenvalue weighted by Gasteiger charge is 2.17. The van der Waals surface area contributed by atoms with E-state index >= 15 is 0 Å². The third-order valence-electron chi connectivity index (χ3n) is 6.86. The SMILES string of the molecule is CCCCc1oc2ccccc2c1/C=N/OCCCOc1ccc(C(=O)O)c(NC(=O)c2ccc(C(C)(C)C)cc2)c1. The lowest BCUT2D eigenvalue weighted by molar-refractivity contribution is 0.0698. The maximum Gasteiger partial charge on any atom is 0.337 e. The van der Waals surface area contributed by atoms with Gasteiger partial charge in [-0.3, -0.25) is 4.79 Å². The summed E-state index contributed by atoms with van der Waals surface area (Å²) in [6.45, 7) is 9.08. The second kappa shape index (κ2) is 13.9. The van der Waals surface area contributed by atoms with Gasteiger partial charge in [-0.05, 0) is 47.7 Å². The lowest BCUT2D eigenvalue weighted by atomic mass is 9.86. The molecule has 1 aromatic heterocycles. The van der Waals surface area contributed by atoms with Crippen LogP contribution in [0.2, 0.25) is 0 Å². The molecule has 0 spiro atoms. The number of ether oxygens (including phenoxy) is 1. The van der Waals surface area contributed by atoms with Crippen molar-refractivity contribution in [2.24, 2.45) is 5.16 Å². The van der Waals surface area contributed by atoms with Crippen LogP contribution in [0.4, 0.5) is 5.69 Å². The van der Waals surface area contributed by atoms with Crippen LogP contribution in [0, 0.1) is 0 Å². The zero-order chi connectivity index (χ0) is 30.1. The quantitative estimate of drug-likeness (QED) is 0.0962. The van der Waals surface area contributed by atoms with Gasteiger partial charge in [-0.25, -0.2) is 4.79 Å². The molecule has 0 unspecified atom stereocenters. The first-order valence-corrected chi connectivity index (χ1v) is 14.2. The van der Waals surface area contributed by atoms with Crippen LogP contribution in [0.25, 0.3) is 11.0 Å². The number of rotatable bonds is 13. The van der Waals surface area contributed by atoms with Crippen LogP contribution in [-0.4, -0.2) is 36.4 Å². The number of anilines is 1. The molecule has 220 valence electrons. The van der Waals surface area contributed by atoms with Crippen molar-refractivity contribution in [1.82, 2.24) is 0 Å². The first-order chi connectivity index (χ1) is 20.2. The van der Waals surface area contributed by atoms with Crippen molar-refractivity contribution < 1.29 is 28.7 Å². The molecule has 8 heteroatoms. The summed E-state index contributed by atoms with van der Waals surface area (Å²) in [4.78, 5) is 30.1. The van der Waals surface area contributed by atoms with Crippen molar-refractivity contribution in [2.45, 2.75) is 58.8 Å². The van der Waals surface area contributed by atoms with E-state index in [1.807, 2.05) is 36.4 Å². The summed E-state index contributed by atoms with van der Waals surface area (Å²) in [5.74, 6) is -0.199. The third kappa shape index (κ3) is 7.78. The molecule has 0 fully saturated rings. The molecule has 42 heavy (non-hydrogen) atoms. The summed E-state index contributed by atoms with van der Waals surface area (Å²) in [6.07, 6.45) is 5.19.